The first-order valence-electron chi connectivity index (χ1n) is 6.84. The summed E-state index contributed by atoms with van der Waals surface area (Å²) in [5, 5.41) is 3.79. The Hall–Kier alpha value is -1.84. The van der Waals surface area contributed by atoms with Crippen LogP contribution in [0.15, 0.2) is 48.5 Å². The first-order valence-corrected chi connectivity index (χ1v) is 7.60. The fourth-order valence-corrected chi connectivity index (χ4v) is 2.26. The number of carbonyl (C=O) groups is 2. The molecule has 2 rings (SSSR count). The van der Waals surface area contributed by atoms with E-state index >= 15 is 0 Å². The molecule has 1 amide bonds. The zero-order chi connectivity index (χ0) is 15.9. The zero-order valence-electron chi connectivity index (χ0n) is 11.8. The minimum Gasteiger partial charge on any atom is -0.349 e. The number of carbonyl (C=O) groups excluding carboxylic acids is 2. The SMILES string of the molecule is O=C(CCc1ccc(Cl)cc1)NCC(=O)c1cccc(Cl)c1. The monoisotopic (exact) mass is 335 g/mol. The average molecular weight is 336 g/mol. The molecule has 0 spiro atoms. The lowest BCUT2D eigenvalue weighted by atomic mass is 10.1. The Morgan fingerprint density at radius 2 is 1.68 bits per heavy atom. The molecule has 0 saturated carbocycles. The van der Waals surface area contributed by atoms with Crippen LogP contribution in [0.4, 0.5) is 0 Å². The Bertz CT molecular complexity index is 669. The normalized spacial score (nSPS) is 10.3. The molecule has 1 N–H and O–H groups in total. The number of hydrogen-bond donors (Lipinski definition) is 1. The molecule has 5 heteroatoms. The fourth-order valence-electron chi connectivity index (χ4n) is 1.94. The van der Waals surface area contributed by atoms with Gasteiger partial charge in [-0.3, -0.25) is 9.59 Å². The second-order valence-electron chi connectivity index (χ2n) is 4.84. The van der Waals surface area contributed by atoms with Crippen LogP contribution in [0.2, 0.25) is 10.0 Å². The first-order chi connectivity index (χ1) is 10.5. The third-order valence-electron chi connectivity index (χ3n) is 3.15. The molecule has 22 heavy (non-hydrogen) atoms. The molecule has 114 valence electrons. The molecule has 0 aliphatic heterocycles. The number of Topliss-reactive ketones (excluding diaryl/α,β-unsaturated/α-hetero) is 1. The molecule has 0 fully saturated rings. The van der Waals surface area contributed by atoms with Gasteiger partial charge in [0, 0.05) is 22.0 Å². The van der Waals surface area contributed by atoms with Crippen LogP contribution in [0.25, 0.3) is 0 Å². The smallest absolute Gasteiger partial charge is 0.220 e. The Kier molecular flexibility index (Phi) is 5.99. The van der Waals surface area contributed by atoms with Crippen molar-refractivity contribution in [3.8, 4) is 0 Å². The van der Waals surface area contributed by atoms with Crippen molar-refractivity contribution in [2.75, 3.05) is 6.54 Å². The van der Waals surface area contributed by atoms with E-state index in [4.69, 9.17) is 23.2 Å². The molecule has 0 radical (unpaired) electrons. The van der Waals surface area contributed by atoms with Crippen LogP contribution in [0.3, 0.4) is 0 Å². The highest BCUT2D eigenvalue weighted by Gasteiger charge is 2.08. The maximum Gasteiger partial charge on any atom is 0.220 e. The minimum absolute atomic E-state index is 0.0280. The second-order valence-corrected chi connectivity index (χ2v) is 5.71. The van der Waals surface area contributed by atoms with Crippen molar-refractivity contribution < 1.29 is 9.59 Å². The van der Waals surface area contributed by atoms with E-state index < -0.39 is 0 Å². The molecule has 0 heterocycles. The lowest BCUT2D eigenvalue weighted by molar-refractivity contribution is -0.120. The van der Waals surface area contributed by atoms with E-state index in [1.165, 1.54) is 0 Å². The third-order valence-corrected chi connectivity index (χ3v) is 3.63. The molecule has 0 aliphatic carbocycles. The summed E-state index contributed by atoms with van der Waals surface area (Å²) in [5.74, 6) is -0.326. The van der Waals surface area contributed by atoms with Gasteiger partial charge >= 0.3 is 0 Å². The van der Waals surface area contributed by atoms with E-state index in [9.17, 15) is 9.59 Å². The highest BCUT2D eigenvalue weighted by atomic mass is 35.5. The van der Waals surface area contributed by atoms with E-state index in [1.54, 1.807) is 36.4 Å². The number of halogens is 2. The maximum absolute atomic E-state index is 11.9. The predicted octanol–water partition coefficient (Wildman–Crippen LogP) is 3.93. The summed E-state index contributed by atoms with van der Waals surface area (Å²) in [5.41, 5.74) is 1.52. The van der Waals surface area contributed by atoms with Gasteiger partial charge in [0.2, 0.25) is 5.91 Å². The van der Waals surface area contributed by atoms with E-state index in [0.29, 0.717) is 28.5 Å². The van der Waals surface area contributed by atoms with Gasteiger partial charge in [0.15, 0.2) is 5.78 Å². The number of aryl methyl sites for hydroxylation is 1. The Morgan fingerprint density at radius 1 is 0.955 bits per heavy atom. The molecule has 0 atom stereocenters. The standard InChI is InChI=1S/C17H15Cl2NO2/c18-14-7-4-12(5-8-14)6-9-17(22)20-11-16(21)13-2-1-3-15(19)10-13/h1-5,7-8,10H,6,9,11H2,(H,20,22). The molecule has 0 unspecified atom stereocenters. The quantitative estimate of drug-likeness (QED) is 0.813. The van der Waals surface area contributed by atoms with Crippen molar-refractivity contribution in [1.82, 2.24) is 5.32 Å². The zero-order valence-corrected chi connectivity index (χ0v) is 13.3. The van der Waals surface area contributed by atoms with Gasteiger partial charge in [0.25, 0.3) is 0 Å². The molecule has 2 aromatic carbocycles. The Morgan fingerprint density at radius 3 is 2.36 bits per heavy atom. The molecule has 3 nitrogen and oxygen atoms in total. The van der Waals surface area contributed by atoms with Gasteiger partial charge < -0.3 is 5.32 Å². The van der Waals surface area contributed by atoms with Crippen molar-refractivity contribution in [2.45, 2.75) is 12.8 Å². The number of nitrogens with one attached hydrogen (secondary N) is 1. The van der Waals surface area contributed by atoms with Crippen LogP contribution in [0.5, 0.6) is 0 Å². The number of ketones is 1. The fraction of sp³-hybridized carbons (Fsp3) is 0.176. The largest absolute Gasteiger partial charge is 0.349 e. The Balaban J connectivity index is 1.78. The van der Waals surface area contributed by atoms with Crippen molar-refractivity contribution in [2.24, 2.45) is 0 Å². The van der Waals surface area contributed by atoms with Crippen LogP contribution in [0.1, 0.15) is 22.3 Å². The van der Waals surface area contributed by atoms with Crippen LogP contribution in [-0.2, 0) is 11.2 Å². The first kappa shape index (κ1) is 16.5. The topological polar surface area (TPSA) is 46.2 Å². The van der Waals surface area contributed by atoms with Gasteiger partial charge in [-0.25, -0.2) is 0 Å². The van der Waals surface area contributed by atoms with E-state index in [-0.39, 0.29) is 18.2 Å². The molecule has 2 aromatic rings. The maximum atomic E-state index is 11.9. The van der Waals surface area contributed by atoms with Gasteiger partial charge in [-0.1, -0.05) is 47.5 Å². The summed E-state index contributed by atoms with van der Waals surface area (Å²) in [6.07, 6.45) is 0.929. The molecular formula is C17H15Cl2NO2. The van der Waals surface area contributed by atoms with E-state index in [1.807, 2.05) is 12.1 Å². The lowest BCUT2D eigenvalue weighted by Gasteiger charge is -2.05. The van der Waals surface area contributed by atoms with Crippen LogP contribution < -0.4 is 5.32 Å². The summed E-state index contributed by atoms with van der Waals surface area (Å²) in [6.45, 7) is -0.0280. The highest BCUT2D eigenvalue weighted by Crippen LogP contribution is 2.12. The van der Waals surface area contributed by atoms with Gasteiger partial charge in [0.1, 0.15) is 0 Å². The summed E-state index contributed by atoms with van der Waals surface area (Å²) < 4.78 is 0. The summed E-state index contributed by atoms with van der Waals surface area (Å²) in [4.78, 5) is 23.7. The van der Waals surface area contributed by atoms with Gasteiger partial charge in [-0.2, -0.15) is 0 Å². The van der Waals surface area contributed by atoms with Crippen LogP contribution >= 0.6 is 23.2 Å². The van der Waals surface area contributed by atoms with Crippen LogP contribution in [0, 0.1) is 0 Å². The van der Waals surface area contributed by atoms with Crippen LogP contribution in [-0.4, -0.2) is 18.2 Å². The van der Waals surface area contributed by atoms with E-state index in [2.05, 4.69) is 5.32 Å². The average Bonchev–Trinajstić information content (AvgIpc) is 2.52. The number of hydrogen-bond acceptors (Lipinski definition) is 2. The van der Waals surface area contributed by atoms with Gasteiger partial charge in [-0.15, -0.1) is 0 Å². The van der Waals surface area contributed by atoms with Crippen molar-refractivity contribution in [3.63, 3.8) is 0 Å². The van der Waals surface area contributed by atoms with Crippen molar-refractivity contribution >= 4 is 34.9 Å². The van der Waals surface area contributed by atoms with Gasteiger partial charge in [-0.05, 0) is 36.2 Å². The summed E-state index contributed by atoms with van der Waals surface area (Å²) in [6, 6.07) is 14.0. The lowest BCUT2D eigenvalue weighted by Crippen LogP contribution is -2.29. The minimum atomic E-state index is -0.164. The number of amides is 1. The number of rotatable bonds is 6. The third kappa shape index (κ3) is 5.17. The summed E-state index contributed by atoms with van der Waals surface area (Å²) in [7, 11) is 0. The molecule has 0 saturated heterocycles. The molecule has 0 bridgehead atoms. The van der Waals surface area contributed by atoms with Crippen molar-refractivity contribution in [3.05, 3.63) is 69.7 Å². The van der Waals surface area contributed by atoms with Gasteiger partial charge in [0.05, 0.1) is 6.54 Å². The highest BCUT2D eigenvalue weighted by molar-refractivity contribution is 6.31. The summed E-state index contributed by atoms with van der Waals surface area (Å²) >= 11 is 11.6. The predicted molar refractivity (Wildman–Crippen MR) is 88.6 cm³/mol. The molecule has 0 aliphatic rings. The van der Waals surface area contributed by atoms with E-state index in [0.717, 1.165) is 5.56 Å². The second kappa shape index (κ2) is 7.97. The van der Waals surface area contributed by atoms with Crippen molar-refractivity contribution in [1.29, 1.82) is 0 Å². The Labute approximate surface area is 139 Å². The molecular weight excluding hydrogens is 321 g/mol. The number of benzene rings is 2. The molecule has 0 aromatic heterocycles.